The molecule has 3 N–H and O–H groups in total. The van der Waals surface area contributed by atoms with Gasteiger partial charge in [0.1, 0.15) is 0 Å². The van der Waals surface area contributed by atoms with Crippen molar-refractivity contribution in [3.63, 3.8) is 0 Å². The molecule has 0 aromatic rings. The number of nitrogens with one attached hydrogen (secondary N) is 3. The van der Waals surface area contributed by atoms with Gasteiger partial charge in [0, 0.05) is 39.3 Å². The molecule has 5 heteroatoms. The van der Waals surface area contributed by atoms with Crippen LogP contribution in [-0.2, 0) is 9.47 Å². The highest BCUT2D eigenvalue weighted by Crippen LogP contribution is 2.63. The molecule has 11 saturated carbocycles. The summed E-state index contributed by atoms with van der Waals surface area (Å²) in [7, 11) is 0. The van der Waals surface area contributed by atoms with Crippen LogP contribution < -0.4 is 16.0 Å². The van der Waals surface area contributed by atoms with Gasteiger partial charge in [-0.3, -0.25) is 0 Å². The average molecular weight is 1280 g/mol. The van der Waals surface area contributed by atoms with E-state index in [0.29, 0.717) is 11.2 Å². The van der Waals surface area contributed by atoms with Crippen LogP contribution >= 0.6 is 0 Å². The molecular weight excluding hydrogens is 1120 g/mol. The van der Waals surface area contributed by atoms with Crippen molar-refractivity contribution in [2.75, 3.05) is 52.5 Å². The lowest BCUT2D eigenvalue weighted by molar-refractivity contribution is -0.161. The summed E-state index contributed by atoms with van der Waals surface area (Å²) >= 11 is 0. The predicted molar refractivity (Wildman–Crippen MR) is 397 cm³/mol. The molecule has 8 spiro atoms. The van der Waals surface area contributed by atoms with Crippen LogP contribution in [0.15, 0.2) is 0 Å². The number of ether oxygens (including phenoxy) is 2. The second kappa shape index (κ2) is 33.5. The second-order valence-electron chi connectivity index (χ2n) is 40.2. The van der Waals surface area contributed by atoms with Crippen molar-refractivity contribution in [1.29, 1.82) is 0 Å². The van der Waals surface area contributed by atoms with E-state index in [9.17, 15) is 0 Å². The Bertz CT molecular complexity index is 2020. The molecule has 5 aliphatic heterocycles. The largest absolute Gasteiger partial charge is 0.375 e. The number of hydrogen-bond donors (Lipinski definition) is 3. The Morgan fingerprint density at radius 3 is 1.02 bits per heavy atom. The molecular formula is C87H161N3O2. The third-order valence-corrected chi connectivity index (χ3v) is 31.2. The lowest BCUT2D eigenvalue weighted by Gasteiger charge is -2.58. The van der Waals surface area contributed by atoms with E-state index in [-0.39, 0.29) is 0 Å². The Morgan fingerprint density at radius 2 is 0.663 bits per heavy atom. The lowest BCUT2D eigenvalue weighted by Crippen LogP contribution is -2.55. The van der Waals surface area contributed by atoms with Gasteiger partial charge < -0.3 is 25.4 Å². The number of rotatable bonds is 8. The highest BCUT2D eigenvalue weighted by atomic mass is 16.5. The van der Waals surface area contributed by atoms with E-state index in [1.165, 1.54) is 219 Å². The number of hydrogen-bond acceptors (Lipinski definition) is 5. The van der Waals surface area contributed by atoms with E-state index in [1.54, 1.807) is 70.6 Å². The Kier molecular flexibility index (Phi) is 27.7. The maximum atomic E-state index is 6.06. The topological polar surface area (TPSA) is 54.5 Å². The van der Waals surface area contributed by atoms with Crippen LogP contribution in [0, 0.1) is 127 Å². The first-order valence-electron chi connectivity index (χ1n) is 42.2. The van der Waals surface area contributed by atoms with Crippen molar-refractivity contribution in [3.8, 4) is 0 Å². The smallest absolute Gasteiger partial charge is 0.0688 e. The van der Waals surface area contributed by atoms with Gasteiger partial charge in [0.25, 0.3) is 0 Å². The summed E-state index contributed by atoms with van der Waals surface area (Å²) < 4.78 is 11.9. The molecule has 536 valence electrons. The van der Waals surface area contributed by atoms with Crippen molar-refractivity contribution < 1.29 is 9.47 Å². The van der Waals surface area contributed by atoms with Gasteiger partial charge in [-0.05, 0) is 333 Å². The summed E-state index contributed by atoms with van der Waals surface area (Å²) in [6.45, 7) is 47.7. The molecule has 0 aromatic carbocycles. The molecule has 16 rings (SSSR count). The Balaban J connectivity index is 0.000000124. The summed E-state index contributed by atoms with van der Waals surface area (Å²) in [4.78, 5) is 0. The summed E-state index contributed by atoms with van der Waals surface area (Å²) in [5.41, 5.74) is 5.56. The van der Waals surface area contributed by atoms with Gasteiger partial charge in [-0.25, -0.2) is 0 Å². The minimum atomic E-state index is 0.327. The zero-order valence-electron chi connectivity index (χ0n) is 64.8. The van der Waals surface area contributed by atoms with Crippen molar-refractivity contribution in [3.05, 3.63) is 0 Å². The van der Waals surface area contributed by atoms with E-state index in [2.05, 4.69) is 127 Å². The van der Waals surface area contributed by atoms with E-state index in [0.717, 1.165) is 140 Å². The molecule has 0 aromatic heterocycles. The van der Waals surface area contributed by atoms with Crippen molar-refractivity contribution in [1.82, 2.24) is 16.0 Å². The Morgan fingerprint density at radius 1 is 0.261 bits per heavy atom. The van der Waals surface area contributed by atoms with E-state index < -0.39 is 0 Å². The molecule has 0 amide bonds. The van der Waals surface area contributed by atoms with Gasteiger partial charge >= 0.3 is 0 Å². The lowest BCUT2D eigenvalue weighted by atomic mass is 9.47. The molecule has 5 saturated heterocycles. The van der Waals surface area contributed by atoms with Gasteiger partial charge in [-0.2, -0.15) is 0 Å². The maximum Gasteiger partial charge on any atom is 0.0688 e. The third kappa shape index (κ3) is 19.7. The van der Waals surface area contributed by atoms with Crippen LogP contribution in [-0.4, -0.2) is 63.7 Å². The van der Waals surface area contributed by atoms with E-state index in [1.807, 2.05) is 0 Å². The molecule has 5 nitrogen and oxygen atoms in total. The summed E-state index contributed by atoms with van der Waals surface area (Å²) in [6, 6.07) is 0. The van der Waals surface area contributed by atoms with Gasteiger partial charge in [-0.1, -0.05) is 162 Å². The standard InChI is InChI=1S/C13H24.C12H22O.C11H21N.C11H20O.2C10H19N.2C10H18/c1-11(2)12-6-9-13(10-12)7-4-3-5-8-13;1-10(2)11-8-12(13-9-11)6-4-3-5-7-12;1-9(2)10-3-5-11(6-4-10)7-12-8-11;1-9(2)10-7-11(8-10)5-3-4-6-12-11;1-8(2)9-5-10(6-9)3-4-11-7-10;1-8(2)9-3-4-10(5-9)6-11-7-10;1-8(2)9-4-7-10(9)5-3-6-10;1-8(2)9-6-10(7-9)4-3-5-10/h11-12H,3-10H2,1-2H3;10-11H,3-9H2,1-2H3;9-10,12H,3-8H2,1-2H3;9-10H,3-8H2,1-2H3;2*8-9,11H,3-7H2,1-2H3;2*8-9H,3-7H2,1-2H3. The van der Waals surface area contributed by atoms with Crippen LogP contribution in [0.2, 0.25) is 0 Å². The molecule has 0 radical (unpaired) electrons. The van der Waals surface area contributed by atoms with Gasteiger partial charge in [-0.15, -0.1) is 0 Å². The molecule has 4 unspecified atom stereocenters. The fourth-order valence-electron chi connectivity index (χ4n) is 22.7. The Hall–Kier alpha value is -0.200. The van der Waals surface area contributed by atoms with Crippen molar-refractivity contribution >= 4 is 0 Å². The molecule has 5 heterocycles. The average Bonchev–Trinajstić information content (AvgIpc) is 1.09. The van der Waals surface area contributed by atoms with Crippen LogP contribution in [0.25, 0.3) is 0 Å². The monoisotopic (exact) mass is 1280 g/mol. The second-order valence-corrected chi connectivity index (χ2v) is 40.2. The maximum absolute atomic E-state index is 6.06. The first-order chi connectivity index (χ1) is 43.8. The fourth-order valence-corrected chi connectivity index (χ4v) is 22.7. The predicted octanol–water partition coefficient (Wildman–Crippen LogP) is 23.7. The normalized spacial score (nSPS) is 33.6. The van der Waals surface area contributed by atoms with Crippen LogP contribution in [0.4, 0.5) is 0 Å². The minimum absolute atomic E-state index is 0.327. The summed E-state index contributed by atoms with van der Waals surface area (Å²) in [6.07, 6.45) is 57.5. The first kappa shape index (κ1) is 76.0. The molecule has 11 aliphatic carbocycles. The van der Waals surface area contributed by atoms with E-state index >= 15 is 0 Å². The highest BCUT2D eigenvalue weighted by Gasteiger charge is 2.53. The van der Waals surface area contributed by atoms with Crippen LogP contribution in [0.5, 0.6) is 0 Å². The van der Waals surface area contributed by atoms with Crippen molar-refractivity contribution in [2.45, 2.75) is 372 Å². The van der Waals surface area contributed by atoms with Gasteiger partial charge in [0.05, 0.1) is 17.8 Å². The molecule has 92 heavy (non-hydrogen) atoms. The first-order valence-corrected chi connectivity index (χ1v) is 42.2. The van der Waals surface area contributed by atoms with Crippen molar-refractivity contribution in [2.24, 2.45) is 127 Å². The quantitative estimate of drug-likeness (QED) is 0.226. The highest BCUT2D eigenvalue weighted by molar-refractivity contribution is 5.04. The summed E-state index contributed by atoms with van der Waals surface area (Å²) in [5.74, 6) is 15.3. The zero-order valence-corrected chi connectivity index (χ0v) is 64.8. The molecule has 4 atom stereocenters. The van der Waals surface area contributed by atoms with Gasteiger partial charge in [0.15, 0.2) is 0 Å². The molecule has 16 aliphatic rings. The van der Waals surface area contributed by atoms with E-state index in [4.69, 9.17) is 9.47 Å². The Labute approximate surface area is 574 Å². The third-order valence-electron chi connectivity index (χ3n) is 31.2. The summed E-state index contributed by atoms with van der Waals surface area (Å²) in [5, 5.41) is 10.3. The van der Waals surface area contributed by atoms with Crippen LogP contribution in [0.3, 0.4) is 0 Å². The molecule has 16 fully saturated rings. The van der Waals surface area contributed by atoms with Crippen LogP contribution in [0.1, 0.15) is 361 Å². The minimum Gasteiger partial charge on any atom is -0.375 e. The zero-order chi connectivity index (χ0) is 66.0. The fraction of sp³-hybridized carbons (Fsp3) is 1.00. The van der Waals surface area contributed by atoms with Gasteiger partial charge in [0.2, 0.25) is 0 Å². The SMILES string of the molecule is CC(C)C1CC2(CCC2)C1.CC(C)C1CC2(CCCCO2)C1.CC(C)C1CC2(CCNC2)C1.CC(C)C1CCC12CCC2.CC(C)C1CCC2(CC1)CNC2.CC(C)C1CCC2(CCCCC2)C1.CC(C)C1CCC2(CNC2)C1.CC(C)C1COC2(CCCCC2)C1. The molecule has 0 bridgehead atoms.